The lowest BCUT2D eigenvalue weighted by atomic mass is 10.2. The van der Waals surface area contributed by atoms with E-state index in [1.165, 1.54) is 18.4 Å². The smallest absolute Gasteiger partial charge is 0.263 e. The third-order valence-electron chi connectivity index (χ3n) is 4.03. The molecule has 0 unspecified atom stereocenters. The van der Waals surface area contributed by atoms with Crippen molar-refractivity contribution in [3.8, 4) is 17.2 Å². The number of hydrogen-bond donors (Lipinski definition) is 1. The average molecular weight is 426 g/mol. The molecule has 0 atom stereocenters. The minimum absolute atomic E-state index is 0.228. The Morgan fingerprint density at radius 3 is 2.41 bits per heavy atom. The summed E-state index contributed by atoms with van der Waals surface area (Å²) in [5.74, 6) is 1.51. The number of ether oxygens (including phenoxy) is 3. The molecule has 0 radical (unpaired) electrons. The first kappa shape index (κ1) is 19.6. The van der Waals surface area contributed by atoms with Crippen molar-refractivity contribution in [2.45, 2.75) is 6.54 Å². The van der Waals surface area contributed by atoms with E-state index in [0.717, 1.165) is 10.1 Å². The van der Waals surface area contributed by atoms with Gasteiger partial charge in [-0.05, 0) is 29.8 Å². The number of halogens is 2. The van der Waals surface area contributed by atoms with Crippen molar-refractivity contribution in [3.63, 3.8) is 0 Å². The van der Waals surface area contributed by atoms with Gasteiger partial charge in [0.05, 0.1) is 26.4 Å². The van der Waals surface area contributed by atoms with E-state index in [-0.39, 0.29) is 12.5 Å². The highest BCUT2D eigenvalue weighted by atomic mass is 35.5. The molecule has 1 amide bonds. The normalized spacial score (nSPS) is 10.7. The monoisotopic (exact) mass is 425 g/mol. The Bertz CT molecular complexity index is 1000. The molecule has 0 aliphatic heterocycles. The fraction of sp³-hybridized carbons (Fsp3) is 0.211. The maximum atomic E-state index is 12.6. The van der Waals surface area contributed by atoms with Gasteiger partial charge in [-0.1, -0.05) is 23.2 Å². The molecule has 1 aromatic heterocycles. The van der Waals surface area contributed by atoms with Gasteiger partial charge in [-0.2, -0.15) is 0 Å². The van der Waals surface area contributed by atoms with Gasteiger partial charge in [0.25, 0.3) is 5.91 Å². The molecule has 0 aliphatic rings. The Morgan fingerprint density at radius 1 is 1.04 bits per heavy atom. The zero-order chi connectivity index (χ0) is 19.6. The third kappa shape index (κ3) is 3.93. The summed E-state index contributed by atoms with van der Waals surface area (Å²) in [4.78, 5) is 13.1. The van der Waals surface area contributed by atoms with Crippen LogP contribution in [0, 0.1) is 0 Å². The molecule has 0 bridgehead atoms. The summed E-state index contributed by atoms with van der Waals surface area (Å²) in [6.45, 7) is 0.228. The Balaban J connectivity index is 1.82. The first-order valence-electron chi connectivity index (χ1n) is 7.93. The van der Waals surface area contributed by atoms with Crippen LogP contribution in [-0.4, -0.2) is 27.2 Å². The Hall–Kier alpha value is -2.15. The molecule has 8 heteroatoms. The summed E-state index contributed by atoms with van der Waals surface area (Å²) >= 11 is 14.0. The van der Waals surface area contributed by atoms with Gasteiger partial charge in [-0.15, -0.1) is 11.3 Å². The lowest BCUT2D eigenvalue weighted by molar-refractivity contribution is 0.0955. The standard InChI is InChI=1S/C19H17Cl2NO4S/c1-24-11-4-5-12-16(7-11)27-18(17(12)21)19(23)22-9-10-6-14(25-2)15(26-3)8-13(10)20/h4-8H,9H2,1-3H3,(H,22,23). The maximum Gasteiger partial charge on any atom is 0.263 e. The van der Waals surface area contributed by atoms with Gasteiger partial charge in [-0.3, -0.25) is 4.79 Å². The molecule has 3 aromatic rings. The van der Waals surface area contributed by atoms with Crippen molar-refractivity contribution in [2.24, 2.45) is 0 Å². The number of rotatable bonds is 6. The molecule has 1 N–H and O–H groups in total. The molecular weight excluding hydrogens is 409 g/mol. The van der Waals surface area contributed by atoms with Crippen LogP contribution in [0.2, 0.25) is 10.0 Å². The molecule has 5 nitrogen and oxygen atoms in total. The van der Waals surface area contributed by atoms with Gasteiger partial charge >= 0.3 is 0 Å². The Morgan fingerprint density at radius 2 is 1.74 bits per heavy atom. The van der Waals surface area contributed by atoms with Crippen LogP contribution in [0.15, 0.2) is 30.3 Å². The van der Waals surface area contributed by atoms with Crippen molar-refractivity contribution in [1.29, 1.82) is 0 Å². The molecule has 142 valence electrons. The quantitative estimate of drug-likeness (QED) is 0.591. The summed E-state index contributed by atoms with van der Waals surface area (Å²) in [6.07, 6.45) is 0. The third-order valence-corrected chi connectivity index (χ3v) is 6.04. The average Bonchev–Trinajstić information content (AvgIpc) is 3.02. The highest BCUT2D eigenvalue weighted by Crippen LogP contribution is 2.37. The van der Waals surface area contributed by atoms with E-state index in [1.807, 2.05) is 18.2 Å². The second-order valence-corrected chi connectivity index (χ2v) is 7.43. The number of benzene rings is 2. The van der Waals surface area contributed by atoms with E-state index in [2.05, 4.69) is 5.32 Å². The number of carbonyl (C=O) groups excluding carboxylic acids is 1. The zero-order valence-corrected chi connectivity index (χ0v) is 17.2. The molecule has 0 saturated carbocycles. The number of amides is 1. The van der Waals surface area contributed by atoms with Gasteiger partial charge in [0.2, 0.25) is 0 Å². The van der Waals surface area contributed by atoms with Gasteiger partial charge < -0.3 is 19.5 Å². The van der Waals surface area contributed by atoms with Crippen LogP contribution in [0.3, 0.4) is 0 Å². The van der Waals surface area contributed by atoms with Crippen LogP contribution >= 0.6 is 34.5 Å². The molecule has 0 saturated heterocycles. The van der Waals surface area contributed by atoms with Crippen LogP contribution in [-0.2, 0) is 6.54 Å². The Labute approximate surface area is 170 Å². The van der Waals surface area contributed by atoms with Crippen LogP contribution in [0.1, 0.15) is 15.2 Å². The van der Waals surface area contributed by atoms with E-state index < -0.39 is 0 Å². The summed E-state index contributed by atoms with van der Waals surface area (Å²) in [7, 11) is 4.67. The van der Waals surface area contributed by atoms with Crippen molar-refractivity contribution < 1.29 is 19.0 Å². The van der Waals surface area contributed by atoms with Crippen molar-refractivity contribution in [1.82, 2.24) is 5.32 Å². The molecule has 0 spiro atoms. The summed E-state index contributed by atoms with van der Waals surface area (Å²) in [6, 6.07) is 8.90. The van der Waals surface area contributed by atoms with E-state index in [4.69, 9.17) is 37.4 Å². The van der Waals surface area contributed by atoms with Gasteiger partial charge in [0, 0.05) is 27.7 Å². The summed E-state index contributed by atoms with van der Waals surface area (Å²) < 4.78 is 16.6. The predicted molar refractivity (Wildman–Crippen MR) is 109 cm³/mol. The first-order valence-corrected chi connectivity index (χ1v) is 9.50. The van der Waals surface area contributed by atoms with Crippen molar-refractivity contribution in [3.05, 3.63) is 50.8 Å². The molecule has 2 aromatic carbocycles. The van der Waals surface area contributed by atoms with Crippen LogP contribution in [0.4, 0.5) is 0 Å². The number of fused-ring (bicyclic) bond motifs is 1. The van der Waals surface area contributed by atoms with Crippen LogP contribution in [0.5, 0.6) is 17.2 Å². The van der Waals surface area contributed by atoms with Crippen LogP contribution < -0.4 is 19.5 Å². The highest BCUT2D eigenvalue weighted by molar-refractivity contribution is 7.21. The number of methoxy groups -OCH3 is 3. The number of hydrogen-bond acceptors (Lipinski definition) is 5. The molecule has 3 rings (SSSR count). The second-order valence-electron chi connectivity index (χ2n) is 5.59. The molecule has 1 heterocycles. The summed E-state index contributed by atoms with van der Waals surface area (Å²) in [5, 5.41) is 4.56. The molecule has 0 fully saturated rings. The SMILES string of the molecule is COc1ccc2c(Cl)c(C(=O)NCc3cc(OC)c(OC)cc3Cl)sc2c1. The first-order chi connectivity index (χ1) is 13.0. The lowest BCUT2D eigenvalue weighted by Crippen LogP contribution is -2.22. The fourth-order valence-corrected chi connectivity index (χ4v) is 4.29. The van der Waals surface area contributed by atoms with Crippen molar-refractivity contribution in [2.75, 3.05) is 21.3 Å². The Kier molecular flexibility index (Phi) is 5.99. The van der Waals surface area contributed by atoms with E-state index in [9.17, 15) is 4.79 Å². The minimum atomic E-state index is -0.272. The number of nitrogens with one attached hydrogen (secondary N) is 1. The topological polar surface area (TPSA) is 56.8 Å². The highest BCUT2D eigenvalue weighted by Gasteiger charge is 2.18. The number of carbonyl (C=O) groups is 1. The van der Waals surface area contributed by atoms with E-state index in [1.54, 1.807) is 26.4 Å². The van der Waals surface area contributed by atoms with E-state index >= 15 is 0 Å². The number of thiophene rings is 1. The van der Waals surface area contributed by atoms with E-state index in [0.29, 0.717) is 37.7 Å². The lowest BCUT2D eigenvalue weighted by Gasteiger charge is -2.12. The fourth-order valence-electron chi connectivity index (χ4n) is 2.61. The predicted octanol–water partition coefficient (Wildman–Crippen LogP) is 5.16. The second kappa shape index (κ2) is 8.25. The molecular formula is C19H17Cl2NO4S. The van der Waals surface area contributed by atoms with Crippen molar-refractivity contribution >= 4 is 50.5 Å². The minimum Gasteiger partial charge on any atom is -0.497 e. The van der Waals surface area contributed by atoms with Crippen LogP contribution in [0.25, 0.3) is 10.1 Å². The summed E-state index contributed by atoms with van der Waals surface area (Å²) in [5.41, 5.74) is 0.710. The maximum absolute atomic E-state index is 12.6. The molecule has 27 heavy (non-hydrogen) atoms. The van der Waals surface area contributed by atoms with Gasteiger partial charge in [0.15, 0.2) is 11.5 Å². The zero-order valence-electron chi connectivity index (χ0n) is 14.9. The largest absolute Gasteiger partial charge is 0.497 e. The molecule has 0 aliphatic carbocycles. The van der Waals surface area contributed by atoms with Gasteiger partial charge in [-0.25, -0.2) is 0 Å². The van der Waals surface area contributed by atoms with Gasteiger partial charge in [0.1, 0.15) is 10.6 Å².